The van der Waals surface area contributed by atoms with Crippen molar-refractivity contribution in [3.63, 3.8) is 0 Å². The Labute approximate surface area is 144 Å². The predicted molar refractivity (Wildman–Crippen MR) is 80.0 cm³/mol. The van der Waals surface area contributed by atoms with Crippen molar-refractivity contribution in [1.82, 2.24) is 10.3 Å². The molecule has 5 nitrogen and oxygen atoms in total. The molecule has 1 aromatic heterocycles. The van der Waals surface area contributed by atoms with Gasteiger partial charge in [-0.25, -0.2) is 4.98 Å². The van der Waals surface area contributed by atoms with Crippen molar-refractivity contribution >= 4 is 5.91 Å². The third kappa shape index (κ3) is 6.54. The largest absolute Gasteiger partial charge is 0.468 e. The summed E-state index contributed by atoms with van der Waals surface area (Å²) >= 11 is 0. The first kappa shape index (κ1) is 19.4. The third-order valence-corrected chi connectivity index (χ3v) is 2.98. The van der Waals surface area contributed by atoms with Crippen LogP contribution in [0.1, 0.15) is 15.9 Å². The van der Waals surface area contributed by atoms with Crippen molar-refractivity contribution in [2.24, 2.45) is 0 Å². The van der Waals surface area contributed by atoms with Gasteiger partial charge in [-0.2, -0.15) is 22.0 Å². The second-order valence-corrected chi connectivity index (χ2v) is 4.99. The third-order valence-electron chi connectivity index (χ3n) is 2.98. The summed E-state index contributed by atoms with van der Waals surface area (Å²) in [5, 5.41) is 2.56. The summed E-state index contributed by atoms with van der Waals surface area (Å²) in [5.74, 6) is -0.769. The van der Waals surface area contributed by atoms with Gasteiger partial charge < -0.3 is 14.8 Å². The Morgan fingerprint density at radius 1 is 1.12 bits per heavy atom. The summed E-state index contributed by atoms with van der Waals surface area (Å²) in [7, 11) is 0. The van der Waals surface area contributed by atoms with Crippen molar-refractivity contribution in [2.45, 2.75) is 19.3 Å². The van der Waals surface area contributed by atoms with E-state index in [2.05, 4.69) is 19.8 Å². The first-order valence-corrected chi connectivity index (χ1v) is 7.20. The minimum atomic E-state index is -4.48. The molecule has 1 aromatic carbocycles. The van der Waals surface area contributed by atoms with Crippen molar-refractivity contribution < 1.29 is 36.2 Å². The van der Waals surface area contributed by atoms with E-state index in [1.807, 2.05) is 0 Å². The van der Waals surface area contributed by atoms with Gasteiger partial charge in [-0.15, -0.1) is 0 Å². The maximum absolute atomic E-state index is 12.0. The number of hydrogen-bond donors (Lipinski definition) is 1. The molecule has 140 valence electrons. The van der Waals surface area contributed by atoms with Gasteiger partial charge in [0.1, 0.15) is 5.75 Å². The molecule has 0 spiro atoms. The second-order valence-electron chi connectivity index (χ2n) is 4.99. The van der Waals surface area contributed by atoms with Crippen LogP contribution in [0.15, 0.2) is 42.6 Å². The number of halogens is 5. The number of carbonyl (C=O) groups excluding carboxylic acids is 1. The van der Waals surface area contributed by atoms with Gasteiger partial charge >= 0.3 is 12.8 Å². The number of pyridine rings is 1. The fourth-order valence-electron chi connectivity index (χ4n) is 1.83. The molecule has 0 atom stereocenters. The number of ether oxygens (including phenoxy) is 2. The normalized spacial score (nSPS) is 11.3. The molecule has 2 rings (SSSR count). The van der Waals surface area contributed by atoms with Gasteiger partial charge in [0.05, 0.1) is 5.56 Å². The molecular formula is C16H13F5N2O3. The minimum Gasteiger partial charge on any atom is -0.468 e. The molecule has 26 heavy (non-hydrogen) atoms. The number of nitrogens with one attached hydrogen (secondary N) is 1. The molecule has 1 heterocycles. The zero-order chi connectivity index (χ0) is 19.2. The molecule has 0 bridgehead atoms. The molecule has 2 aromatic rings. The fraction of sp³-hybridized carbons (Fsp3) is 0.250. The summed E-state index contributed by atoms with van der Waals surface area (Å²) in [4.78, 5) is 15.6. The first-order chi connectivity index (χ1) is 12.2. The highest BCUT2D eigenvalue weighted by molar-refractivity contribution is 5.93. The molecule has 0 aliphatic rings. The van der Waals surface area contributed by atoms with E-state index in [0.717, 1.165) is 12.3 Å². The van der Waals surface area contributed by atoms with Gasteiger partial charge in [0.15, 0.2) is 6.61 Å². The monoisotopic (exact) mass is 376 g/mol. The molecule has 0 radical (unpaired) electrons. The summed E-state index contributed by atoms with van der Waals surface area (Å²) in [5.41, 5.74) is 0.764. The Hall–Kier alpha value is -2.91. The van der Waals surface area contributed by atoms with Crippen LogP contribution in [0, 0.1) is 0 Å². The standard InChI is InChI=1S/C16H13F5N2O3/c17-15(18)26-12-4-1-10(2-5-12)7-23-14(24)11-3-6-13(22-8-11)25-9-16(19,20)21/h1-6,8,15H,7,9H2,(H,23,24). The first-order valence-electron chi connectivity index (χ1n) is 7.20. The minimum absolute atomic E-state index is 0.00581. The fourth-order valence-corrected chi connectivity index (χ4v) is 1.83. The van der Waals surface area contributed by atoms with E-state index < -0.39 is 25.3 Å². The highest BCUT2D eigenvalue weighted by atomic mass is 19.4. The highest BCUT2D eigenvalue weighted by Crippen LogP contribution is 2.17. The van der Waals surface area contributed by atoms with Gasteiger partial charge in [0, 0.05) is 18.8 Å². The number of rotatable bonds is 7. The number of alkyl halides is 5. The average Bonchev–Trinajstić information content (AvgIpc) is 2.58. The van der Waals surface area contributed by atoms with Gasteiger partial charge in [-0.3, -0.25) is 4.79 Å². The van der Waals surface area contributed by atoms with E-state index >= 15 is 0 Å². The van der Waals surface area contributed by atoms with Crippen LogP contribution >= 0.6 is 0 Å². The Morgan fingerprint density at radius 3 is 2.35 bits per heavy atom. The quantitative estimate of drug-likeness (QED) is 0.751. The number of hydrogen-bond acceptors (Lipinski definition) is 4. The topological polar surface area (TPSA) is 60.5 Å². The van der Waals surface area contributed by atoms with Crippen molar-refractivity contribution in [1.29, 1.82) is 0 Å². The van der Waals surface area contributed by atoms with Crippen LogP contribution in [0.3, 0.4) is 0 Å². The van der Waals surface area contributed by atoms with Crippen LogP contribution in [-0.4, -0.2) is 30.3 Å². The van der Waals surface area contributed by atoms with Crippen LogP contribution in [0.4, 0.5) is 22.0 Å². The van der Waals surface area contributed by atoms with E-state index in [4.69, 9.17) is 0 Å². The number of amides is 1. The molecule has 0 aliphatic carbocycles. The highest BCUT2D eigenvalue weighted by Gasteiger charge is 2.28. The molecule has 0 aliphatic heterocycles. The summed E-state index contributed by atoms with van der Waals surface area (Å²) in [6.07, 6.45) is -3.39. The molecule has 1 amide bonds. The summed E-state index contributed by atoms with van der Waals surface area (Å²) < 4.78 is 68.8. The molecule has 0 fully saturated rings. The lowest BCUT2D eigenvalue weighted by atomic mass is 10.2. The zero-order valence-electron chi connectivity index (χ0n) is 13.1. The van der Waals surface area contributed by atoms with Gasteiger partial charge in [-0.1, -0.05) is 12.1 Å². The average molecular weight is 376 g/mol. The molecule has 1 N–H and O–H groups in total. The smallest absolute Gasteiger partial charge is 0.422 e. The molecule has 10 heteroatoms. The Kier molecular flexibility index (Phi) is 6.31. The number of aromatic nitrogens is 1. The lowest BCUT2D eigenvalue weighted by Crippen LogP contribution is -2.23. The zero-order valence-corrected chi connectivity index (χ0v) is 13.1. The van der Waals surface area contributed by atoms with Crippen LogP contribution in [0.5, 0.6) is 11.6 Å². The van der Waals surface area contributed by atoms with Crippen molar-refractivity contribution in [2.75, 3.05) is 6.61 Å². The van der Waals surface area contributed by atoms with Crippen LogP contribution in [-0.2, 0) is 6.54 Å². The summed E-state index contributed by atoms with van der Waals surface area (Å²) in [6, 6.07) is 8.10. The number of benzene rings is 1. The molecular weight excluding hydrogens is 363 g/mol. The van der Waals surface area contributed by atoms with E-state index in [9.17, 15) is 26.7 Å². The van der Waals surface area contributed by atoms with Gasteiger partial charge in [0.2, 0.25) is 5.88 Å². The Balaban J connectivity index is 1.85. The van der Waals surface area contributed by atoms with Crippen LogP contribution in [0.25, 0.3) is 0 Å². The van der Waals surface area contributed by atoms with Crippen LogP contribution in [0.2, 0.25) is 0 Å². The molecule has 0 unspecified atom stereocenters. The molecule has 0 saturated heterocycles. The lowest BCUT2D eigenvalue weighted by molar-refractivity contribution is -0.154. The maximum Gasteiger partial charge on any atom is 0.422 e. The number of nitrogens with zero attached hydrogens (tertiary/aromatic N) is 1. The number of carbonyl (C=O) groups is 1. The Bertz CT molecular complexity index is 718. The van der Waals surface area contributed by atoms with E-state index in [0.29, 0.717) is 5.56 Å². The van der Waals surface area contributed by atoms with Crippen molar-refractivity contribution in [3.8, 4) is 11.6 Å². The summed E-state index contributed by atoms with van der Waals surface area (Å²) in [6.45, 7) is -4.28. The maximum atomic E-state index is 12.0. The second kappa shape index (κ2) is 8.45. The van der Waals surface area contributed by atoms with Gasteiger partial charge in [0.25, 0.3) is 5.91 Å². The van der Waals surface area contributed by atoms with Gasteiger partial charge in [-0.05, 0) is 23.8 Å². The Morgan fingerprint density at radius 2 is 1.81 bits per heavy atom. The van der Waals surface area contributed by atoms with E-state index in [1.54, 1.807) is 0 Å². The van der Waals surface area contributed by atoms with Crippen molar-refractivity contribution in [3.05, 3.63) is 53.7 Å². The lowest BCUT2D eigenvalue weighted by Gasteiger charge is -2.09. The molecule has 0 saturated carbocycles. The predicted octanol–water partition coefficient (Wildman–Crippen LogP) is 3.55. The van der Waals surface area contributed by atoms with Crippen LogP contribution < -0.4 is 14.8 Å². The SMILES string of the molecule is O=C(NCc1ccc(OC(F)F)cc1)c1ccc(OCC(F)(F)F)nc1. The van der Waals surface area contributed by atoms with E-state index in [1.165, 1.54) is 30.3 Å². The van der Waals surface area contributed by atoms with E-state index in [-0.39, 0.29) is 23.7 Å².